The molecular weight excluding hydrogens is 312 g/mol. The van der Waals surface area contributed by atoms with Crippen LogP contribution < -0.4 is 4.74 Å². The van der Waals surface area contributed by atoms with Crippen molar-refractivity contribution in [3.63, 3.8) is 0 Å². The molecule has 21 heavy (non-hydrogen) atoms. The van der Waals surface area contributed by atoms with Crippen LogP contribution in [0.15, 0.2) is 23.1 Å². The van der Waals surface area contributed by atoms with Gasteiger partial charge in [0.15, 0.2) is 0 Å². The highest BCUT2D eigenvalue weighted by Gasteiger charge is 2.21. The zero-order valence-corrected chi connectivity index (χ0v) is 14.5. The molecule has 1 aromatic rings. The van der Waals surface area contributed by atoms with E-state index in [4.69, 9.17) is 16.3 Å². The molecule has 5 nitrogen and oxygen atoms in total. The Bertz CT molecular complexity index is 561. The molecule has 0 atom stereocenters. The highest BCUT2D eigenvalue weighted by atomic mass is 35.5. The van der Waals surface area contributed by atoms with Gasteiger partial charge < -0.3 is 9.64 Å². The van der Waals surface area contributed by atoms with E-state index in [0.29, 0.717) is 31.0 Å². The molecule has 0 spiro atoms. The normalized spacial score (nSPS) is 12.1. The molecule has 0 N–H and O–H groups in total. The van der Waals surface area contributed by atoms with Crippen molar-refractivity contribution in [2.24, 2.45) is 0 Å². The average molecular weight is 335 g/mol. The molecule has 0 heterocycles. The molecule has 0 fully saturated rings. The molecule has 7 heteroatoms. The molecule has 0 amide bonds. The maximum Gasteiger partial charge on any atom is 0.242 e. The van der Waals surface area contributed by atoms with E-state index in [0.717, 1.165) is 0 Å². The summed E-state index contributed by atoms with van der Waals surface area (Å²) in [6.07, 6.45) is 0. The second kappa shape index (κ2) is 7.98. The Hall–Kier alpha value is -0.820. The molecule has 0 saturated heterocycles. The second-order valence-electron chi connectivity index (χ2n) is 4.97. The highest BCUT2D eigenvalue weighted by Crippen LogP contribution is 2.25. The fourth-order valence-corrected chi connectivity index (χ4v) is 3.18. The minimum absolute atomic E-state index is 0.208. The summed E-state index contributed by atoms with van der Waals surface area (Å²) in [6.45, 7) is 3.48. The maximum atomic E-state index is 12.5. The van der Waals surface area contributed by atoms with Crippen LogP contribution in [0.25, 0.3) is 0 Å². The van der Waals surface area contributed by atoms with Crippen LogP contribution in [0.5, 0.6) is 5.75 Å². The fourth-order valence-electron chi connectivity index (χ4n) is 1.76. The minimum Gasteiger partial charge on any atom is -0.494 e. The third-order valence-electron chi connectivity index (χ3n) is 3.05. The standard InChI is InChI=1S/C14H23ClN2O3S/c1-5-20-14-7-6-13(10-12(14)11-15)21(18,19)17(4)9-8-16(2)3/h6-7,10H,5,8-9,11H2,1-4H3. The van der Waals surface area contributed by atoms with Crippen molar-refractivity contribution in [3.05, 3.63) is 23.8 Å². The van der Waals surface area contributed by atoms with E-state index in [-0.39, 0.29) is 10.8 Å². The molecule has 1 rings (SSSR count). The van der Waals surface area contributed by atoms with Gasteiger partial charge in [0.1, 0.15) is 5.75 Å². The summed E-state index contributed by atoms with van der Waals surface area (Å²) >= 11 is 5.88. The summed E-state index contributed by atoms with van der Waals surface area (Å²) in [4.78, 5) is 2.18. The van der Waals surface area contributed by atoms with Crippen molar-refractivity contribution >= 4 is 21.6 Å². The van der Waals surface area contributed by atoms with Crippen molar-refractivity contribution in [3.8, 4) is 5.75 Å². The summed E-state index contributed by atoms with van der Waals surface area (Å²) in [6, 6.07) is 4.80. The number of ether oxygens (including phenoxy) is 1. The van der Waals surface area contributed by atoms with E-state index in [1.807, 2.05) is 25.9 Å². The van der Waals surface area contributed by atoms with E-state index in [1.165, 1.54) is 4.31 Å². The number of halogens is 1. The number of likely N-dealkylation sites (N-methyl/N-ethyl adjacent to an activating group) is 2. The van der Waals surface area contributed by atoms with Gasteiger partial charge in [-0.3, -0.25) is 0 Å². The Balaban J connectivity index is 3.02. The Kier molecular flexibility index (Phi) is 6.93. The van der Waals surface area contributed by atoms with E-state index >= 15 is 0 Å². The van der Waals surface area contributed by atoms with Crippen molar-refractivity contribution in [1.29, 1.82) is 0 Å². The molecule has 0 aliphatic heterocycles. The molecule has 0 aromatic heterocycles. The lowest BCUT2D eigenvalue weighted by atomic mass is 10.2. The van der Waals surface area contributed by atoms with Crippen molar-refractivity contribution in [2.75, 3.05) is 40.8 Å². The van der Waals surface area contributed by atoms with Crippen molar-refractivity contribution < 1.29 is 13.2 Å². The third kappa shape index (κ3) is 4.85. The van der Waals surface area contributed by atoms with Crippen LogP contribution in [0.2, 0.25) is 0 Å². The quantitative estimate of drug-likeness (QED) is 0.682. The molecule has 120 valence electrons. The van der Waals surface area contributed by atoms with Crippen LogP contribution in [0, 0.1) is 0 Å². The highest BCUT2D eigenvalue weighted by molar-refractivity contribution is 7.89. The summed E-state index contributed by atoms with van der Waals surface area (Å²) in [7, 11) is 1.88. The monoisotopic (exact) mass is 334 g/mol. The number of hydrogen-bond donors (Lipinski definition) is 0. The fraction of sp³-hybridized carbons (Fsp3) is 0.571. The number of benzene rings is 1. The summed E-state index contributed by atoms with van der Waals surface area (Å²) in [5.74, 6) is 0.836. The number of alkyl halides is 1. The Morgan fingerprint density at radius 2 is 1.86 bits per heavy atom. The molecular formula is C14H23ClN2O3S. The van der Waals surface area contributed by atoms with Gasteiger partial charge in [0, 0.05) is 25.7 Å². The largest absolute Gasteiger partial charge is 0.494 e. The molecule has 0 unspecified atom stereocenters. The SMILES string of the molecule is CCOc1ccc(S(=O)(=O)N(C)CCN(C)C)cc1CCl. The lowest BCUT2D eigenvalue weighted by molar-refractivity contribution is 0.337. The number of rotatable bonds is 8. The topological polar surface area (TPSA) is 49.9 Å². The van der Waals surface area contributed by atoms with Gasteiger partial charge in [-0.25, -0.2) is 8.42 Å². The predicted molar refractivity (Wildman–Crippen MR) is 85.5 cm³/mol. The molecule has 0 aliphatic carbocycles. The summed E-state index contributed by atoms with van der Waals surface area (Å²) < 4.78 is 31.8. The van der Waals surface area contributed by atoms with Gasteiger partial charge in [-0.05, 0) is 39.2 Å². The first kappa shape index (κ1) is 18.2. The molecule has 0 radical (unpaired) electrons. The van der Waals surface area contributed by atoms with Crippen LogP contribution in [0.3, 0.4) is 0 Å². The van der Waals surface area contributed by atoms with Gasteiger partial charge in [-0.1, -0.05) is 0 Å². The van der Waals surface area contributed by atoms with E-state index in [2.05, 4.69) is 0 Å². The predicted octanol–water partition coefficient (Wildman–Crippen LogP) is 2.01. The average Bonchev–Trinajstić information content (AvgIpc) is 2.45. The van der Waals surface area contributed by atoms with Gasteiger partial charge in [-0.15, -0.1) is 11.6 Å². The lowest BCUT2D eigenvalue weighted by Crippen LogP contribution is -2.33. The van der Waals surface area contributed by atoms with E-state index in [9.17, 15) is 8.42 Å². The zero-order chi connectivity index (χ0) is 16.0. The van der Waals surface area contributed by atoms with Crippen LogP contribution in [-0.2, 0) is 15.9 Å². The summed E-state index contributed by atoms with van der Waals surface area (Å²) in [5, 5.41) is 0. The van der Waals surface area contributed by atoms with Crippen molar-refractivity contribution in [2.45, 2.75) is 17.7 Å². The molecule has 0 saturated carbocycles. The zero-order valence-electron chi connectivity index (χ0n) is 13.0. The first-order valence-corrected chi connectivity index (χ1v) is 8.73. The van der Waals surface area contributed by atoms with Crippen LogP contribution in [0.4, 0.5) is 0 Å². The molecule has 0 aliphatic rings. The van der Waals surface area contributed by atoms with Gasteiger partial charge in [0.25, 0.3) is 0 Å². The van der Waals surface area contributed by atoms with Gasteiger partial charge in [-0.2, -0.15) is 4.31 Å². The van der Waals surface area contributed by atoms with E-state index < -0.39 is 10.0 Å². The Labute approximate surface area is 132 Å². The van der Waals surface area contributed by atoms with Gasteiger partial charge >= 0.3 is 0 Å². The first-order valence-electron chi connectivity index (χ1n) is 6.75. The van der Waals surface area contributed by atoms with Gasteiger partial charge in [0.2, 0.25) is 10.0 Å². The minimum atomic E-state index is -3.51. The van der Waals surface area contributed by atoms with Gasteiger partial charge in [0.05, 0.1) is 17.4 Å². The van der Waals surface area contributed by atoms with Crippen molar-refractivity contribution in [1.82, 2.24) is 9.21 Å². The number of nitrogens with zero attached hydrogens (tertiary/aromatic N) is 2. The van der Waals surface area contributed by atoms with E-state index in [1.54, 1.807) is 25.2 Å². The smallest absolute Gasteiger partial charge is 0.242 e. The van der Waals surface area contributed by atoms with Crippen LogP contribution in [-0.4, -0.2) is 58.5 Å². The third-order valence-corrected chi connectivity index (χ3v) is 5.19. The Morgan fingerprint density at radius 3 is 2.38 bits per heavy atom. The van der Waals surface area contributed by atoms with Crippen LogP contribution in [0.1, 0.15) is 12.5 Å². The molecule has 0 bridgehead atoms. The number of sulfonamides is 1. The first-order chi connectivity index (χ1) is 9.82. The lowest BCUT2D eigenvalue weighted by Gasteiger charge is -2.20. The Morgan fingerprint density at radius 1 is 1.19 bits per heavy atom. The summed E-state index contributed by atoms with van der Waals surface area (Å²) in [5.41, 5.74) is 0.681. The molecule has 1 aromatic carbocycles. The maximum absolute atomic E-state index is 12.5. The second-order valence-corrected chi connectivity index (χ2v) is 7.28. The number of hydrogen-bond acceptors (Lipinski definition) is 4. The van der Waals surface area contributed by atoms with Crippen LogP contribution >= 0.6 is 11.6 Å².